The highest BCUT2D eigenvalue weighted by molar-refractivity contribution is 5.72. The number of esters is 1. The number of nitro benzene ring substituents is 1. The summed E-state index contributed by atoms with van der Waals surface area (Å²) in [5.41, 5.74) is 0.780. The average molecular weight is 408 g/mol. The van der Waals surface area contributed by atoms with E-state index < -0.39 is 5.41 Å². The monoisotopic (exact) mass is 408 g/mol. The molecule has 1 aromatic carbocycles. The van der Waals surface area contributed by atoms with Gasteiger partial charge in [-0.2, -0.15) is 0 Å². The van der Waals surface area contributed by atoms with Crippen molar-refractivity contribution in [3.63, 3.8) is 0 Å². The number of ether oxygens (including phenoxy) is 3. The summed E-state index contributed by atoms with van der Waals surface area (Å²) in [7, 11) is 1.62. The summed E-state index contributed by atoms with van der Waals surface area (Å²) in [6, 6.07) is 5.43. The molecule has 29 heavy (non-hydrogen) atoms. The van der Waals surface area contributed by atoms with Gasteiger partial charge in [-0.25, -0.2) is 0 Å². The molecule has 0 amide bonds. The topological polar surface area (TPSA) is 91.1 Å². The van der Waals surface area contributed by atoms with Gasteiger partial charge in [-0.3, -0.25) is 14.9 Å². The summed E-state index contributed by atoms with van der Waals surface area (Å²) in [6.07, 6.45) is 1.79. The van der Waals surface area contributed by atoms with Crippen molar-refractivity contribution in [2.75, 3.05) is 45.0 Å². The maximum Gasteiger partial charge on any atom is 0.306 e. The van der Waals surface area contributed by atoms with Crippen LogP contribution in [0.15, 0.2) is 18.2 Å². The molecule has 0 N–H and O–H groups in total. The first-order chi connectivity index (χ1) is 13.8. The molecule has 8 heteroatoms. The van der Waals surface area contributed by atoms with Crippen molar-refractivity contribution in [2.24, 2.45) is 0 Å². The SMILES string of the molecule is CCOC(=O)CC(C)(C)c1ccc(N(CCOC)C2CCOCC2)c([N+](=O)[O-])c1. The second kappa shape index (κ2) is 10.5. The largest absolute Gasteiger partial charge is 0.466 e. The first kappa shape index (κ1) is 23.1. The van der Waals surface area contributed by atoms with Crippen LogP contribution in [-0.4, -0.2) is 57.0 Å². The van der Waals surface area contributed by atoms with E-state index in [0.29, 0.717) is 38.7 Å². The lowest BCUT2D eigenvalue weighted by Crippen LogP contribution is -2.41. The molecule has 2 rings (SSSR count). The van der Waals surface area contributed by atoms with E-state index in [-0.39, 0.29) is 29.0 Å². The van der Waals surface area contributed by atoms with Crippen LogP contribution in [0, 0.1) is 10.1 Å². The van der Waals surface area contributed by atoms with Gasteiger partial charge in [-0.15, -0.1) is 0 Å². The number of rotatable bonds is 10. The van der Waals surface area contributed by atoms with E-state index in [1.807, 2.05) is 19.9 Å². The van der Waals surface area contributed by atoms with Gasteiger partial charge >= 0.3 is 5.97 Å². The average Bonchev–Trinajstić information content (AvgIpc) is 2.68. The van der Waals surface area contributed by atoms with E-state index in [4.69, 9.17) is 14.2 Å². The number of carbonyl (C=O) groups excluding carboxylic acids is 1. The zero-order chi connectivity index (χ0) is 21.4. The van der Waals surface area contributed by atoms with Gasteiger partial charge in [-0.05, 0) is 31.4 Å². The van der Waals surface area contributed by atoms with Crippen LogP contribution in [0.2, 0.25) is 0 Å². The van der Waals surface area contributed by atoms with Crippen LogP contribution >= 0.6 is 0 Å². The third-order valence-electron chi connectivity index (χ3n) is 5.32. The molecule has 8 nitrogen and oxygen atoms in total. The fraction of sp³-hybridized carbons (Fsp3) is 0.667. The minimum absolute atomic E-state index is 0.0435. The predicted molar refractivity (Wildman–Crippen MR) is 110 cm³/mol. The lowest BCUT2D eigenvalue weighted by molar-refractivity contribution is -0.384. The van der Waals surface area contributed by atoms with Crippen molar-refractivity contribution in [1.29, 1.82) is 0 Å². The van der Waals surface area contributed by atoms with E-state index >= 15 is 0 Å². The second-order valence-electron chi connectivity index (χ2n) is 7.86. The molecule has 1 saturated heterocycles. The summed E-state index contributed by atoms with van der Waals surface area (Å²) in [5, 5.41) is 11.9. The number of anilines is 1. The van der Waals surface area contributed by atoms with E-state index in [1.165, 1.54) is 0 Å². The van der Waals surface area contributed by atoms with Gasteiger partial charge in [0.05, 0.1) is 24.6 Å². The molecule has 1 aliphatic rings. The molecule has 0 bridgehead atoms. The lowest BCUT2D eigenvalue weighted by atomic mass is 9.81. The molecule has 0 aromatic heterocycles. The lowest BCUT2D eigenvalue weighted by Gasteiger charge is -2.36. The summed E-state index contributed by atoms with van der Waals surface area (Å²) >= 11 is 0. The number of hydrogen-bond acceptors (Lipinski definition) is 7. The predicted octanol–water partition coefficient (Wildman–Crippen LogP) is 3.46. The molecule has 0 aliphatic carbocycles. The van der Waals surface area contributed by atoms with Crippen molar-refractivity contribution in [3.8, 4) is 0 Å². The Labute approximate surface area is 172 Å². The van der Waals surface area contributed by atoms with Crippen molar-refractivity contribution in [3.05, 3.63) is 33.9 Å². The number of nitro groups is 1. The summed E-state index contributed by atoms with van der Waals surface area (Å²) in [5.74, 6) is -0.312. The van der Waals surface area contributed by atoms with E-state index in [1.54, 1.807) is 26.2 Å². The molecule has 0 atom stereocenters. The number of benzene rings is 1. The Morgan fingerprint density at radius 1 is 1.34 bits per heavy atom. The molecular weight excluding hydrogens is 376 g/mol. The van der Waals surface area contributed by atoms with Crippen LogP contribution < -0.4 is 4.90 Å². The minimum atomic E-state index is -0.578. The molecular formula is C21H32N2O6. The summed E-state index contributed by atoms with van der Waals surface area (Å²) in [6.45, 7) is 8.19. The summed E-state index contributed by atoms with van der Waals surface area (Å²) in [4.78, 5) is 25.6. The van der Waals surface area contributed by atoms with Gasteiger partial charge in [0.1, 0.15) is 5.69 Å². The Bertz CT molecular complexity index is 700. The van der Waals surface area contributed by atoms with Crippen molar-refractivity contribution >= 4 is 17.3 Å². The van der Waals surface area contributed by atoms with Gasteiger partial charge in [0.2, 0.25) is 0 Å². The zero-order valence-electron chi connectivity index (χ0n) is 17.8. The molecule has 1 fully saturated rings. The quantitative estimate of drug-likeness (QED) is 0.333. The first-order valence-corrected chi connectivity index (χ1v) is 10.1. The smallest absolute Gasteiger partial charge is 0.306 e. The van der Waals surface area contributed by atoms with E-state index in [2.05, 4.69) is 4.90 Å². The molecule has 1 heterocycles. The number of carbonyl (C=O) groups is 1. The van der Waals surface area contributed by atoms with Gasteiger partial charge < -0.3 is 19.1 Å². The van der Waals surface area contributed by atoms with Crippen molar-refractivity contribution in [1.82, 2.24) is 0 Å². The Morgan fingerprint density at radius 3 is 2.62 bits per heavy atom. The number of hydrogen-bond donors (Lipinski definition) is 0. The molecule has 0 saturated carbocycles. The van der Waals surface area contributed by atoms with E-state index in [0.717, 1.165) is 18.4 Å². The van der Waals surface area contributed by atoms with Crippen molar-refractivity contribution in [2.45, 2.75) is 51.5 Å². The van der Waals surface area contributed by atoms with Crippen LogP contribution in [0.5, 0.6) is 0 Å². The first-order valence-electron chi connectivity index (χ1n) is 10.1. The Hall–Kier alpha value is -2.19. The maximum atomic E-state index is 12.0. The molecule has 1 aromatic rings. The highest BCUT2D eigenvalue weighted by Gasteiger charge is 2.31. The summed E-state index contributed by atoms with van der Waals surface area (Å²) < 4.78 is 15.7. The van der Waals surface area contributed by atoms with Gasteiger partial charge in [-0.1, -0.05) is 19.9 Å². The second-order valence-corrected chi connectivity index (χ2v) is 7.86. The maximum absolute atomic E-state index is 12.0. The van der Waals surface area contributed by atoms with E-state index in [9.17, 15) is 14.9 Å². The van der Waals surface area contributed by atoms with Gasteiger partial charge in [0.15, 0.2) is 0 Å². The standard InChI is InChI=1S/C21H32N2O6/c1-5-29-20(24)15-21(2,3)16-6-7-18(19(14-16)23(25)26)22(10-13-27-4)17-8-11-28-12-9-17/h6-7,14,17H,5,8-13,15H2,1-4H3. The normalized spacial score (nSPS) is 15.2. The Morgan fingerprint density at radius 2 is 2.03 bits per heavy atom. The fourth-order valence-corrected chi connectivity index (χ4v) is 3.69. The third kappa shape index (κ3) is 6.14. The van der Waals surface area contributed by atoms with Gasteiger partial charge in [0.25, 0.3) is 5.69 Å². The van der Waals surface area contributed by atoms with Crippen LogP contribution in [0.3, 0.4) is 0 Å². The van der Waals surface area contributed by atoms with Crippen LogP contribution in [0.4, 0.5) is 11.4 Å². The number of methoxy groups -OCH3 is 1. The van der Waals surface area contributed by atoms with Crippen molar-refractivity contribution < 1.29 is 23.9 Å². The highest BCUT2D eigenvalue weighted by Crippen LogP contribution is 2.37. The molecule has 0 unspecified atom stereocenters. The fourth-order valence-electron chi connectivity index (χ4n) is 3.69. The number of nitrogens with zero attached hydrogens (tertiary/aromatic N) is 2. The van der Waals surface area contributed by atoms with Crippen LogP contribution in [0.1, 0.15) is 45.6 Å². The Kier molecular flexibility index (Phi) is 8.40. The highest BCUT2D eigenvalue weighted by atomic mass is 16.6. The zero-order valence-corrected chi connectivity index (χ0v) is 17.8. The van der Waals surface area contributed by atoms with Crippen LogP contribution in [-0.2, 0) is 24.4 Å². The van der Waals surface area contributed by atoms with Crippen LogP contribution in [0.25, 0.3) is 0 Å². The molecule has 0 radical (unpaired) electrons. The Balaban J connectivity index is 2.38. The van der Waals surface area contributed by atoms with Gasteiger partial charge in [0, 0.05) is 44.4 Å². The minimum Gasteiger partial charge on any atom is -0.466 e. The third-order valence-corrected chi connectivity index (χ3v) is 5.32. The molecule has 0 spiro atoms. The molecule has 1 aliphatic heterocycles. The molecule has 162 valence electrons.